The average molecular weight is 341 g/mol. The fraction of sp³-hybridized carbons (Fsp3) is 0.125. The molecule has 0 bridgehead atoms. The number of benzene rings is 1. The van der Waals surface area contributed by atoms with E-state index in [1.165, 1.54) is 0 Å². The molecule has 0 aromatic heterocycles. The average Bonchev–Trinajstić information content (AvgIpc) is 2.10. The largest absolute Gasteiger partial charge is 0.496 e. The highest BCUT2D eigenvalue weighted by atomic mass is 127. The van der Waals surface area contributed by atoms with Crippen LogP contribution in [0, 0.1) is 3.57 Å². The minimum Gasteiger partial charge on any atom is -0.496 e. The minimum atomic E-state index is 0.639. The summed E-state index contributed by atoms with van der Waals surface area (Å²) in [5, 5.41) is 0. The van der Waals surface area contributed by atoms with Crippen LogP contribution in [0.15, 0.2) is 16.6 Å². The van der Waals surface area contributed by atoms with Crippen molar-refractivity contribution in [2.75, 3.05) is 7.11 Å². The van der Waals surface area contributed by atoms with Crippen LogP contribution >= 0.6 is 38.5 Å². The molecule has 4 heteroatoms. The van der Waals surface area contributed by atoms with Gasteiger partial charge >= 0.3 is 0 Å². The first-order valence-corrected chi connectivity index (χ1v) is 5.05. The van der Waals surface area contributed by atoms with Crippen molar-refractivity contribution >= 4 is 44.8 Å². The Labute approximate surface area is 92.6 Å². The van der Waals surface area contributed by atoms with Crippen molar-refractivity contribution in [3.05, 3.63) is 25.7 Å². The van der Waals surface area contributed by atoms with Crippen molar-refractivity contribution in [2.45, 2.75) is 0 Å². The molecule has 0 unspecified atom stereocenters. The highest BCUT2D eigenvalue weighted by molar-refractivity contribution is 14.1. The Balaban J connectivity index is 3.29. The second kappa shape index (κ2) is 4.23. The minimum absolute atomic E-state index is 0.639. The van der Waals surface area contributed by atoms with E-state index < -0.39 is 0 Å². The summed E-state index contributed by atoms with van der Waals surface area (Å²) in [5.74, 6) is 0.771. The van der Waals surface area contributed by atoms with Crippen LogP contribution in [-0.2, 0) is 0 Å². The second-order valence-corrected chi connectivity index (χ2v) is 3.97. The summed E-state index contributed by atoms with van der Waals surface area (Å²) in [6.07, 6.45) is 0.811. The van der Waals surface area contributed by atoms with E-state index in [-0.39, 0.29) is 0 Å². The van der Waals surface area contributed by atoms with Crippen LogP contribution in [0.1, 0.15) is 10.4 Å². The smallest absolute Gasteiger partial charge is 0.151 e. The van der Waals surface area contributed by atoms with Gasteiger partial charge in [0.05, 0.1) is 10.7 Å². The van der Waals surface area contributed by atoms with Crippen molar-refractivity contribution < 1.29 is 9.53 Å². The standard InChI is InChI=1S/C8H6BrIO2/c1-12-6-3-2-5(4-11)7(9)8(6)10/h2-4H,1H3. The first kappa shape index (κ1) is 9.98. The highest BCUT2D eigenvalue weighted by Gasteiger charge is 2.07. The zero-order valence-electron chi connectivity index (χ0n) is 6.30. The van der Waals surface area contributed by atoms with E-state index >= 15 is 0 Å². The first-order valence-electron chi connectivity index (χ1n) is 3.18. The number of aldehydes is 1. The SMILES string of the molecule is COc1ccc(C=O)c(Br)c1I. The molecule has 0 N–H and O–H groups in total. The van der Waals surface area contributed by atoms with Crippen LogP contribution in [-0.4, -0.2) is 13.4 Å². The van der Waals surface area contributed by atoms with Crippen molar-refractivity contribution in [1.29, 1.82) is 0 Å². The first-order chi connectivity index (χ1) is 5.70. The van der Waals surface area contributed by atoms with Crippen LogP contribution < -0.4 is 4.74 Å². The molecule has 0 aliphatic carbocycles. The maximum atomic E-state index is 10.5. The molecule has 0 spiro atoms. The Hall–Kier alpha value is -0.100. The Bertz CT molecular complexity index is 312. The van der Waals surface area contributed by atoms with Gasteiger partial charge in [-0.1, -0.05) is 0 Å². The van der Waals surface area contributed by atoms with Gasteiger partial charge < -0.3 is 4.74 Å². The van der Waals surface area contributed by atoms with Crippen LogP contribution in [0.4, 0.5) is 0 Å². The zero-order valence-corrected chi connectivity index (χ0v) is 10.0. The molecule has 0 saturated carbocycles. The lowest BCUT2D eigenvalue weighted by Crippen LogP contribution is -1.91. The van der Waals surface area contributed by atoms with E-state index in [0.29, 0.717) is 5.56 Å². The Morgan fingerprint density at radius 1 is 1.58 bits per heavy atom. The number of carbonyl (C=O) groups excluding carboxylic acids is 1. The van der Waals surface area contributed by atoms with Gasteiger partial charge in [-0.2, -0.15) is 0 Å². The van der Waals surface area contributed by atoms with E-state index in [9.17, 15) is 4.79 Å². The van der Waals surface area contributed by atoms with Crippen LogP contribution in [0.5, 0.6) is 5.75 Å². The number of hydrogen-bond acceptors (Lipinski definition) is 2. The molecule has 0 aliphatic rings. The topological polar surface area (TPSA) is 26.3 Å². The zero-order chi connectivity index (χ0) is 9.14. The molecule has 0 aliphatic heterocycles. The lowest BCUT2D eigenvalue weighted by Gasteiger charge is -2.05. The Kier molecular flexibility index (Phi) is 3.52. The van der Waals surface area contributed by atoms with Crippen molar-refractivity contribution in [2.24, 2.45) is 0 Å². The Morgan fingerprint density at radius 2 is 2.25 bits per heavy atom. The van der Waals surface area contributed by atoms with Gasteiger partial charge in [0.2, 0.25) is 0 Å². The molecule has 0 heterocycles. The van der Waals surface area contributed by atoms with Crippen LogP contribution in [0.25, 0.3) is 0 Å². The fourth-order valence-corrected chi connectivity index (χ4v) is 1.93. The number of ether oxygens (including phenoxy) is 1. The molecule has 0 radical (unpaired) electrons. The third-order valence-electron chi connectivity index (χ3n) is 1.42. The molecule has 0 amide bonds. The molecule has 64 valence electrons. The monoisotopic (exact) mass is 340 g/mol. The molecule has 0 atom stereocenters. The molecule has 1 rings (SSSR count). The third-order valence-corrected chi connectivity index (χ3v) is 4.09. The van der Waals surface area contributed by atoms with Gasteiger partial charge in [0.1, 0.15) is 5.75 Å². The number of methoxy groups -OCH3 is 1. The molecule has 1 aromatic rings. The lowest BCUT2D eigenvalue weighted by atomic mass is 10.2. The number of carbonyl (C=O) groups is 1. The maximum Gasteiger partial charge on any atom is 0.151 e. The predicted molar refractivity (Wildman–Crippen MR) is 58.8 cm³/mol. The van der Waals surface area contributed by atoms with Crippen molar-refractivity contribution in [1.82, 2.24) is 0 Å². The summed E-state index contributed by atoms with van der Waals surface area (Å²) in [4.78, 5) is 10.5. The summed E-state index contributed by atoms with van der Waals surface area (Å²) in [6, 6.07) is 3.49. The van der Waals surface area contributed by atoms with Crippen LogP contribution in [0.2, 0.25) is 0 Å². The van der Waals surface area contributed by atoms with Crippen molar-refractivity contribution in [3.8, 4) is 5.75 Å². The quantitative estimate of drug-likeness (QED) is 0.611. The molecule has 0 saturated heterocycles. The summed E-state index contributed by atoms with van der Waals surface area (Å²) < 4.78 is 6.78. The summed E-state index contributed by atoms with van der Waals surface area (Å²) >= 11 is 5.44. The van der Waals surface area contributed by atoms with Gasteiger partial charge in [0.15, 0.2) is 6.29 Å². The normalized spacial score (nSPS) is 9.58. The summed E-state index contributed by atoms with van der Waals surface area (Å²) in [7, 11) is 1.60. The van der Waals surface area contributed by atoms with Gasteiger partial charge in [0, 0.05) is 10.0 Å². The molecule has 0 fully saturated rings. The van der Waals surface area contributed by atoms with Gasteiger partial charge in [0.25, 0.3) is 0 Å². The maximum absolute atomic E-state index is 10.5. The van der Waals surface area contributed by atoms with E-state index in [4.69, 9.17) is 4.74 Å². The Morgan fingerprint density at radius 3 is 2.75 bits per heavy atom. The van der Waals surface area contributed by atoms with Crippen LogP contribution in [0.3, 0.4) is 0 Å². The molecule has 1 aromatic carbocycles. The van der Waals surface area contributed by atoms with Gasteiger partial charge in [-0.3, -0.25) is 4.79 Å². The second-order valence-electron chi connectivity index (χ2n) is 2.10. The fourth-order valence-electron chi connectivity index (χ4n) is 0.795. The van der Waals surface area contributed by atoms with E-state index in [0.717, 1.165) is 20.1 Å². The number of halogens is 2. The van der Waals surface area contributed by atoms with Gasteiger partial charge in [-0.25, -0.2) is 0 Å². The van der Waals surface area contributed by atoms with E-state index in [1.807, 2.05) is 0 Å². The summed E-state index contributed by atoms with van der Waals surface area (Å²) in [6.45, 7) is 0. The molecule has 12 heavy (non-hydrogen) atoms. The van der Waals surface area contributed by atoms with Gasteiger partial charge in [-0.15, -0.1) is 0 Å². The highest BCUT2D eigenvalue weighted by Crippen LogP contribution is 2.30. The third kappa shape index (κ3) is 1.80. The number of rotatable bonds is 2. The summed E-state index contributed by atoms with van der Waals surface area (Å²) in [5.41, 5.74) is 0.639. The predicted octanol–water partition coefficient (Wildman–Crippen LogP) is 2.87. The molecule has 2 nitrogen and oxygen atoms in total. The molecular formula is C8H6BrIO2. The molecular weight excluding hydrogens is 335 g/mol. The van der Waals surface area contributed by atoms with Crippen molar-refractivity contribution in [3.63, 3.8) is 0 Å². The van der Waals surface area contributed by atoms with E-state index in [1.54, 1.807) is 19.2 Å². The van der Waals surface area contributed by atoms with E-state index in [2.05, 4.69) is 38.5 Å². The lowest BCUT2D eigenvalue weighted by molar-refractivity contribution is 0.112. The number of hydrogen-bond donors (Lipinski definition) is 0. The van der Waals surface area contributed by atoms with Gasteiger partial charge in [-0.05, 0) is 50.7 Å².